The molecule has 1 fully saturated rings. The molecular weight excluding hydrogens is 331 g/mol. The first-order valence-corrected chi connectivity index (χ1v) is 8.17. The summed E-state index contributed by atoms with van der Waals surface area (Å²) in [5, 5.41) is 9.54. The Morgan fingerprint density at radius 1 is 1.04 bits per heavy atom. The number of carbonyl (C=O) groups is 1. The SMILES string of the molecule is O=C(O)C1CCCCN1C(c1ccccc1F)c1ccc(F)cc1F. The van der Waals surface area contributed by atoms with Gasteiger partial charge in [-0.25, -0.2) is 13.2 Å². The fourth-order valence-electron chi connectivity index (χ4n) is 3.47. The molecule has 2 aromatic rings. The van der Waals surface area contributed by atoms with Gasteiger partial charge in [-0.1, -0.05) is 30.7 Å². The minimum Gasteiger partial charge on any atom is -0.480 e. The van der Waals surface area contributed by atoms with E-state index >= 15 is 0 Å². The molecule has 0 saturated carbocycles. The van der Waals surface area contributed by atoms with Crippen molar-refractivity contribution in [3.8, 4) is 0 Å². The molecule has 2 atom stereocenters. The number of aliphatic carboxylic acids is 1. The zero-order valence-corrected chi connectivity index (χ0v) is 13.5. The lowest BCUT2D eigenvalue weighted by Gasteiger charge is -2.39. The number of hydrogen-bond donors (Lipinski definition) is 1. The summed E-state index contributed by atoms with van der Waals surface area (Å²) >= 11 is 0. The molecule has 3 rings (SSSR count). The Morgan fingerprint density at radius 3 is 2.44 bits per heavy atom. The maximum atomic E-state index is 14.5. The van der Waals surface area contributed by atoms with Gasteiger partial charge in [0.05, 0.1) is 6.04 Å². The van der Waals surface area contributed by atoms with E-state index in [1.54, 1.807) is 11.0 Å². The largest absolute Gasteiger partial charge is 0.480 e. The van der Waals surface area contributed by atoms with Gasteiger partial charge in [0.25, 0.3) is 0 Å². The summed E-state index contributed by atoms with van der Waals surface area (Å²) in [5.41, 5.74) is 0.251. The molecule has 6 heteroatoms. The van der Waals surface area contributed by atoms with Crippen LogP contribution in [0.4, 0.5) is 13.2 Å². The number of carboxylic acids is 1. The number of likely N-dealkylation sites (tertiary alicyclic amines) is 1. The fourth-order valence-corrected chi connectivity index (χ4v) is 3.47. The van der Waals surface area contributed by atoms with Crippen molar-refractivity contribution >= 4 is 5.97 Å². The van der Waals surface area contributed by atoms with Crippen molar-refractivity contribution in [2.24, 2.45) is 0 Å². The van der Waals surface area contributed by atoms with Crippen molar-refractivity contribution in [2.75, 3.05) is 6.54 Å². The number of nitrogens with zero attached hydrogens (tertiary/aromatic N) is 1. The normalized spacial score (nSPS) is 19.6. The van der Waals surface area contributed by atoms with Crippen molar-refractivity contribution in [3.63, 3.8) is 0 Å². The first-order valence-electron chi connectivity index (χ1n) is 8.17. The van der Waals surface area contributed by atoms with Crippen LogP contribution >= 0.6 is 0 Å². The average molecular weight is 349 g/mol. The molecule has 132 valence electrons. The molecule has 3 nitrogen and oxygen atoms in total. The second-order valence-electron chi connectivity index (χ2n) is 6.18. The average Bonchev–Trinajstić information content (AvgIpc) is 2.59. The van der Waals surface area contributed by atoms with E-state index in [1.807, 2.05) is 0 Å². The highest BCUT2D eigenvalue weighted by Crippen LogP contribution is 2.36. The molecule has 2 aromatic carbocycles. The smallest absolute Gasteiger partial charge is 0.320 e. The summed E-state index contributed by atoms with van der Waals surface area (Å²) in [5.74, 6) is -3.13. The Kier molecular flexibility index (Phi) is 5.08. The molecular formula is C19H18F3NO2. The Morgan fingerprint density at radius 2 is 1.76 bits per heavy atom. The van der Waals surface area contributed by atoms with Crippen LogP contribution in [0.5, 0.6) is 0 Å². The molecule has 1 aliphatic rings. The van der Waals surface area contributed by atoms with Crippen LogP contribution in [0.2, 0.25) is 0 Å². The molecule has 2 unspecified atom stereocenters. The van der Waals surface area contributed by atoms with Crippen LogP contribution in [0.15, 0.2) is 42.5 Å². The molecule has 0 amide bonds. The van der Waals surface area contributed by atoms with Gasteiger partial charge in [-0.05, 0) is 31.5 Å². The van der Waals surface area contributed by atoms with Gasteiger partial charge in [-0.15, -0.1) is 0 Å². The standard InChI is InChI=1S/C19H18F3NO2/c20-12-8-9-14(16(22)11-12)18(13-5-1-2-6-15(13)21)23-10-4-3-7-17(23)19(24)25/h1-2,5-6,8-9,11,17-18H,3-4,7,10H2,(H,24,25). The molecule has 0 aromatic heterocycles. The lowest BCUT2D eigenvalue weighted by atomic mass is 9.91. The quantitative estimate of drug-likeness (QED) is 0.902. The summed E-state index contributed by atoms with van der Waals surface area (Å²) in [6.07, 6.45) is 1.88. The summed E-state index contributed by atoms with van der Waals surface area (Å²) < 4.78 is 42.2. The van der Waals surface area contributed by atoms with Gasteiger partial charge >= 0.3 is 5.97 Å². The Balaban J connectivity index is 2.15. The third-order valence-electron chi connectivity index (χ3n) is 4.62. The topological polar surface area (TPSA) is 40.5 Å². The van der Waals surface area contributed by atoms with E-state index in [9.17, 15) is 23.1 Å². The van der Waals surface area contributed by atoms with Crippen molar-refractivity contribution in [2.45, 2.75) is 31.3 Å². The second-order valence-corrected chi connectivity index (χ2v) is 6.18. The molecule has 0 bridgehead atoms. The zero-order chi connectivity index (χ0) is 18.0. The van der Waals surface area contributed by atoms with E-state index in [1.165, 1.54) is 24.3 Å². The molecule has 1 aliphatic heterocycles. The van der Waals surface area contributed by atoms with Gasteiger partial charge in [-0.3, -0.25) is 9.69 Å². The number of benzene rings is 2. The van der Waals surface area contributed by atoms with E-state index in [2.05, 4.69) is 0 Å². The highest BCUT2D eigenvalue weighted by atomic mass is 19.1. The predicted molar refractivity (Wildman–Crippen MR) is 86.6 cm³/mol. The maximum absolute atomic E-state index is 14.5. The van der Waals surface area contributed by atoms with E-state index in [0.29, 0.717) is 13.0 Å². The molecule has 1 saturated heterocycles. The van der Waals surface area contributed by atoms with Gasteiger partial charge in [0.15, 0.2) is 0 Å². The van der Waals surface area contributed by atoms with E-state index in [4.69, 9.17) is 0 Å². The predicted octanol–water partition coefficient (Wildman–Crippen LogP) is 4.13. The van der Waals surface area contributed by atoms with Crippen molar-refractivity contribution in [1.82, 2.24) is 4.90 Å². The lowest BCUT2D eigenvalue weighted by molar-refractivity contribution is -0.145. The van der Waals surface area contributed by atoms with E-state index in [0.717, 1.165) is 25.0 Å². The summed E-state index contributed by atoms with van der Waals surface area (Å²) in [6.45, 7) is 0.396. The monoisotopic (exact) mass is 349 g/mol. The first kappa shape index (κ1) is 17.5. The zero-order valence-electron chi connectivity index (χ0n) is 13.5. The van der Waals surface area contributed by atoms with E-state index in [-0.39, 0.29) is 11.1 Å². The van der Waals surface area contributed by atoms with Crippen LogP contribution in [0, 0.1) is 17.5 Å². The summed E-state index contributed by atoms with van der Waals surface area (Å²) in [4.78, 5) is 13.3. The highest BCUT2D eigenvalue weighted by molar-refractivity contribution is 5.73. The number of hydrogen-bond acceptors (Lipinski definition) is 2. The van der Waals surface area contributed by atoms with Gasteiger partial charge in [0.2, 0.25) is 0 Å². The highest BCUT2D eigenvalue weighted by Gasteiger charge is 2.37. The Hall–Kier alpha value is -2.34. The number of halogens is 3. The van der Waals surface area contributed by atoms with Crippen molar-refractivity contribution in [1.29, 1.82) is 0 Å². The van der Waals surface area contributed by atoms with Crippen LogP contribution in [0.1, 0.15) is 36.4 Å². The van der Waals surface area contributed by atoms with Crippen molar-refractivity contribution in [3.05, 3.63) is 71.0 Å². The second kappa shape index (κ2) is 7.27. The van der Waals surface area contributed by atoms with Gasteiger partial charge in [0, 0.05) is 17.2 Å². The van der Waals surface area contributed by atoms with Crippen LogP contribution in [-0.2, 0) is 4.79 Å². The summed E-state index contributed by atoms with van der Waals surface area (Å²) in [6, 6.07) is 7.23. The maximum Gasteiger partial charge on any atom is 0.320 e. The molecule has 1 N–H and O–H groups in total. The number of piperidine rings is 1. The van der Waals surface area contributed by atoms with Gasteiger partial charge < -0.3 is 5.11 Å². The third-order valence-corrected chi connectivity index (χ3v) is 4.62. The van der Waals surface area contributed by atoms with Crippen LogP contribution < -0.4 is 0 Å². The van der Waals surface area contributed by atoms with Crippen LogP contribution in [-0.4, -0.2) is 28.6 Å². The molecule has 0 aliphatic carbocycles. The fraction of sp³-hybridized carbons (Fsp3) is 0.316. The minimum atomic E-state index is -1.02. The molecule has 25 heavy (non-hydrogen) atoms. The lowest BCUT2D eigenvalue weighted by Crippen LogP contribution is -2.47. The first-order chi connectivity index (χ1) is 12.0. The van der Waals surface area contributed by atoms with Crippen molar-refractivity contribution < 1.29 is 23.1 Å². The van der Waals surface area contributed by atoms with Crippen LogP contribution in [0.25, 0.3) is 0 Å². The third kappa shape index (κ3) is 3.54. The van der Waals surface area contributed by atoms with Gasteiger partial charge in [-0.2, -0.15) is 0 Å². The molecule has 0 spiro atoms. The van der Waals surface area contributed by atoms with Gasteiger partial charge in [0.1, 0.15) is 23.5 Å². The number of rotatable bonds is 4. The number of carboxylic acid groups (broad SMARTS) is 1. The minimum absolute atomic E-state index is 0.0691. The molecule has 1 heterocycles. The molecule has 0 radical (unpaired) electrons. The Bertz CT molecular complexity index is 781. The Labute approximate surface area is 143 Å². The summed E-state index contributed by atoms with van der Waals surface area (Å²) in [7, 11) is 0. The van der Waals surface area contributed by atoms with E-state index < -0.39 is 35.5 Å². The van der Waals surface area contributed by atoms with Crippen LogP contribution in [0.3, 0.4) is 0 Å².